The zero-order valence-corrected chi connectivity index (χ0v) is 25.0. The summed E-state index contributed by atoms with van der Waals surface area (Å²) in [5, 5.41) is 0.658. The molecule has 0 aromatic carbocycles. The van der Waals surface area contributed by atoms with E-state index in [4.69, 9.17) is 17.5 Å². The van der Waals surface area contributed by atoms with Crippen molar-refractivity contribution in [3.05, 3.63) is 47.8 Å². The molecule has 2 aromatic rings. The Bertz CT molecular complexity index is 916. The van der Waals surface area contributed by atoms with Gasteiger partial charge in [0.15, 0.2) is 0 Å². The van der Waals surface area contributed by atoms with Crippen molar-refractivity contribution in [2.75, 3.05) is 0 Å². The topological polar surface area (TPSA) is 25.8 Å². The summed E-state index contributed by atoms with van der Waals surface area (Å²) in [4.78, 5) is 10.1. The zero-order valence-electron chi connectivity index (χ0n) is 23.2. The Morgan fingerprint density at radius 2 is 1.06 bits per heavy atom. The minimum absolute atomic E-state index is 0.0538. The van der Waals surface area contributed by atoms with Gasteiger partial charge in [-0.3, -0.25) is 4.98 Å². The fourth-order valence-electron chi connectivity index (χ4n) is 4.80. The molecule has 2 rings (SSSR count). The maximum atomic E-state index is 7.19. The van der Waals surface area contributed by atoms with Crippen molar-refractivity contribution >= 4 is 22.6 Å². The minimum Gasteiger partial charge on any atom is -0.251 e. The van der Waals surface area contributed by atoms with Crippen molar-refractivity contribution in [2.24, 2.45) is 0 Å². The minimum atomic E-state index is -1.82. The van der Waals surface area contributed by atoms with Gasteiger partial charge in [-0.25, -0.2) is 4.98 Å². The second kappa shape index (κ2) is 9.70. The van der Waals surface area contributed by atoms with E-state index in [0.717, 1.165) is 29.4 Å². The quantitative estimate of drug-likeness (QED) is 0.313. The van der Waals surface area contributed by atoms with Gasteiger partial charge in [0.2, 0.25) is 0 Å². The third kappa shape index (κ3) is 6.89. The summed E-state index contributed by atoms with van der Waals surface area (Å²) in [6, 6.07) is 12.7. The molecule has 2 nitrogen and oxygen atoms in total. The molecule has 0 saturated carbocycles. The molecule has 0 unspecified atom stereocenters. The highest BCUT2D eigenvalue weighted by molar-refractivity contribution is 7.99. The number of pyridine rings is 2. The number of nitrogens with zero attached hydrogens (tertiary/aromatic N) is 2. The monoisotopic (exact) mass is 483 g/mol. The van der Waals surface area contributed by atoms with E-state index in [1.165, 1.54) is 5.69 Å². The van der Waals surface area contributed by atoms with E-state index < -0.39 is 7.14 Å². The van der Waals surface area contributed by atoms with Crippen molar-refractivity contribution in [1.29, 1.82) is 0 Å². The highest BCUT2D eigenvalue weighted by atomic mass is 31.2. The van der Waals surface area contributed by atoms with Crippen molar-refractivity contribution in [3.8, 4) is 11.4 Å². The van der Waals surface area contributed by atoms with Crippen molar-refractivity contribution in [2.45, 2.75) is 116 Å². The third-order valence-corrected chi connectivity index (χ3v) is 16.1. The molecule has 2 heterocycles. The summed E-state index contributed by atoms with van der Waals surface area (Å²) in [5.41, 5.74) is 4.15. The van der Waals surface area contributed by atoms with Gasteiger partial charge in [0.1, 0.15) is 0 Å². The van der Waals surface area contributed by atoms with E-state index in [0.29, 0.717) is 0 Å². The molecule has 0 atom stereocenters. The molecule has 180 valence electrons. The first kappa shape index (κ1) is 28.5. The number of hydrogen-bond donors (Lipinski definition) is 0. The van der Waals surface area contributed by atoms with E-state index in [-0.39, 0.29) is 28.5 Å². The Hall–Kier alpha value is -0.775. The van der Waals surface area contributed by atoms with Gasteiger partial charge in [0.05, 0.1) is 33.6 Å². The maximum Gasteiger partial charge on any atom is 0.366 e. The summed E-state index contributed by atoms with van der Waals surface area (Å²) in [7, 11) is 5.13. The summed E-state index contributed by atoms with van der Waals surface area (Å²) in [6.45, 7) is 27.9. The van der Waals surface area contributed by atoms with E-state index in [1.807, 2.05) is 0 Å². The van der Waals surface area contributed by atoms with Crippen molar-refractivity contribution < 1.29 is 0 Å². The number of aromatic nitrogens is 2. The lowest BCUT2D eigenvalue weighted by molar-refractivity contribution is 0.694. The molecule has 0 bridgehead atoms. The van der Waals surface area contributed by atoms with Crippen LogP contribution in [0.4, 0.5) is 0 Å². The first-order valence-electron chi connectivity index (χ1n) is 12.1. The lowest BCUT2D eigenvalue weighted by Gasteiger charge is -2.45. The predicted molar refractivity (Wildman–Crippen MR) is 153 cm³/mol. The summed E-state index contributed by atoms with van der Waals surface area (Å²) in [6.07, 6.45) is 1.87. The standard InChI is InChI=1S/C28H46BN2P2/c1-25(2,3)32(26(4,5)6)19-21-15-13-17-23(30-21)24-18-14-16-22(31-24)20-33(29,27(7,8)9)28(10,11)12/h13-18H,19-20H2,1-12H3/q+1. The lowest BCUT2D eigenvalue weighted by Crippen LogP contribution is -2.35. The molecule has 0 N–H and O–H groups in total. The van der Waals surface area contributed by atoms with Gasteiger partial charge in [0, 0.05) is 11.9 Å². The first-order chi connectivity index (χ1) is 14.8. The van der Waals surface area contributed by atoms with Gasteiger partial charge in [0.25, 0.3) is 0 Å². The Kier molecular flexibility index (Phi) is 8.37. The van der Waals surface area contributed by atoms with Crippen LogP contribution in [0.2, 0.25) is 0 Å². The molecule has 0 amide bonds. The van der Waals surface area contributed by atoms with Crippen LogP contribution in [0.3, 0.4) is 0 Å². The average molecular weight is 483 g/mol. The largest absolute Gasteiger partial charge is 0.366 e. The number of rotatable bonds is 5. The molecule has 0 aliphatic heterocycles. The maximum absolute atomic E-state index is 7.19. The van der Waals surface area contributed by atoms with Crippen LogP contribution in [-0.4, -0.2) is 38.2 Å². The molecule has 0 aliphatic rings. The van der Waals surface area contributed by atoms with Gasteiger partial charge in [-0.2, -0.15) is 0 Å². The molecule has 5 heteroatoms. The lowest BCUT2D eigenvalue weighted by atomic mass is 10.2. The van der Waals surface area contributed by atoms with Crippen LogP contribution in [0, 0.1) is 0 Å². The smallest absolute Gasteiger partial charge is 0.251 e. The fourth-order valence-corrected chi connectivity index (χ4v) is 11.9. The Labute approximate surface area is 207 Å². The van der Waals surface area contributed by atoms with Crippen LogP contribution in [0.5, 0.6) is 0 Å². The summed E-state index contributed by atoms with van der Waals surface area (Å²) < 4.78 is 0. The molecular formula is C28H46BN2P2+. The van der Waals surface area contributed by atoms with Gasteiger partial charge in [-0.1, -0.05) is 61.6 Å². The molecule has 0 aliphatic carbocycles. The van der Waals surface area contributed by atoms with Crippen molar-refractivity contribution in [1.82, 2.24) is 9.97 Å². The Morgan fingerprint density at radius 3 is 1.45 bits per heavy atom. The van der Waals surface area contributed by atoms with E-state index in [1.54, 1.807) is 0 Å². The molecule has 2 aromatic heterocycles. The predicted octanol–water partition coefficient (Wildman–Crippen LogP) is 8.92. The molecule has 0 saturated heterocycles. The first-order valence-corrected chi connectivity index (χ1v) is 15.7. The van der Waals surface area contributed by atoms with Crippen LogP contribution in [0.25, 0.3) is 11.4 Å². The van der Waals surface area contributed by atoms with E-state index >= 15 is 0 Å². The van der Waals surface area contributed by atoms with Gasteiger partial charge in [-0.15, -0.1) is 0 Å². The van der Waals surface area contributed by atoms with Gasteiger partial charge in [-0.05, 0) is 83.3 Å². The van der Waals surface area contributed by atoms with Crippen molar-refractivity contribution in [3.63, 3.8) is 0 Å². The van der Waals surface area contributed by atoms with Crippen LogP contribution in [0.15, 0.2) is 36.4 Å². The number of hydrogen-bond acceptors (Lipinski definition) is 2. The van der Waals surface area contributed by atoms with E-state index in [9.17, 15) is 0 Å². The van der Waals surface area contributed by atoms with Gasteiger partial charge >= 0.3 is 7.57 Å². The zero-order chi connectivity index (χ0) is 25.5. The molecular weight excluding hydrogens is 437 g/mol. The highest BCUT2D eigenvalue weighted by Gasteiger charge is 2.53. The average Bonchev–Trinajstić information content (AvgIpc) is 2.63. The van der Waals surface area contributed by atoms with Crippen LogP contribution < -0.4 is 0 Å². The second-order valence-electron chi connectivity index (χ2n) is 13.3. The SMILES string of the molecule is [B][P+](Cc1cccc(-c2cccc(CP(C(C)(C)C)C(C)(C)C)n2)n1)(C(C)(C)C)C(C)(C)C. The Balaban J connectivity index is 2.40. The summed E-state index contributed by atoms with van der Waals surface area (Å²) >= 11 is 0. The van der Waals surface area contributed by atoms with E-state index in [2.05, 4.69) is 119 Å². The molecule has 2 radical (unpaired) electrons. The van der Waals surface area contributed by atoms with Crippen LogP contribution in [0.1, 0.15) is 94.5 Å². The molecule has 0 spiro atoms. The normalized spacial score (nSPS) is 14.1. The fraction of sp³-hybridized carbons (Fsp3) is 0.643. The van der Waals surface area contributed by atoms with Crippen LogP contribution in [-0.2, 0) is 12.3 Å². The highest BCUT2D eigenvalue weighted by Crippen LogP contribution is 2.74. The Morgan fingerprint density at radius 1 is 0.667 bits per heavy atom. The van der Waals surface area contributed by atoms with Gasteiger partial charge < -0.3 is 0 Å². The third-order valence-electron chi connectivity index (χ3n) is 6.62. The second-order valence-corrected chi connectivity index (χ2v) is 21.9. The molecule has 33 heavy (non-hydrogen) atoms. The summed E-state index contributed by atoms with van der Waals surface area (Å²) in [5.74, 6) is 0. The van der Waals surface area contributed by atoms with Crippen LogP contribution >= 0.6 is 15.1 Å². The molecule has 0 fully saturated rings.